The maximum Gasteiger partial charge on any atom is 0.257 e. The summed E-state index contributed by atoms with van der Waals surface area (Å²) in [5, 5.41) is 2.17. The molecule has 0 atom stereocenters. The van der Waals surface area contributed by atoms with Crippen LogP contribution in [0.4, 0.5) is 0 Å². The summed E-state index contributed by atoms with van der Waals surface area (Å²) in [5.74, 6) is 0.759. The van der Waals surface area contributed by atoms with Crippen molar-refractivity contribution in [3.8, 4) is 0 Å². The Hall–Kier alpha value is -0.530. The second kappa shape index (κ2) is 5.00. The molecule has 1 aliphatic carbocycles. The Morgan fingerprint density at radius 1 is 1.27 bits per heavy atom. The van der Waals surface area contributed by atoms with Crippen molar-refractivity contribution in [3.63, 3.8) is 0 Å². The Labute approximate surface area is 97.2 Å². The monoisotopic (exact) mass is 225 g/mol. The molecule has 15 heavy (non-hydrogen) atoms. The van der Waals surface area contributed by atoms with Crippen LogP contribution in [-0.4, -0.2) is 11.1 Å². The zero-order chi connectivity index (χ0) is 11.5. The molecule has 0 aliphatic heterocycles. The number of rotatable bonds is 1. The molecule has 0 aromatic rings. The summed E-state index contributed by atoms with van der Waals surface area (Å²) < 4.78 is 0. The van der Waals surface area contributed by atoms with Crippen molar-refractivity contribution in [3.05, 3.63) is 0 Å². The number of isothiocyanates is 1. The van der Waals surface area contributed by atoms with E-state index in [-0.39, 0.29) is 11.8 Å². The highest BCUT2D eigenvalue weighted by atomic mass is 32.1. The lowest BCUT2D eigenvalue weighted by atomic mass is 9.70. The highest BCUT2D eigenvalue weighted by molar-refractivity contribution is 7.78. The summed E-state index contributed by atoms with van der Waals surface area (Å²) >= 11 is 4.44. The number of amides is 1. The Kier molecular flexibility index (Phi) is 4.18. The van der Waals surface area contributed by atoms with Gasteiger partial charge in [-0.25, -0.2) is 0 Å². The summed E-state index contributed by atoms with van der Waals surface area (Å²) in [6.45, 7) is 6.82. The van der Waals surface area contributed by atoms with Crippen LogP contribution in [0.25, 0.3) is 0 Å². The Bertz CT molecular complexity index is 278. The van der Waals surface area contributed by atoms with Crippen LogP contribution in [-0.2, 0) is 4.79 Å². The van der Waals surface area contributed by atoms with Crippen molar-refractivity contribution in [1.82, 2.24) is 0 Å². The molecule has 0 heterocycles. The lowest BCUT2D eigenvalue weighted by Crippen LogP contribution is -2.28. The minimum atomic E-state index is -0.0719. The first-order valence-electron chi connectivity index (χ1n) is 5.57. The van der Waals surface area contributed by atoms with E-state index in [2.05, 4.69) is 43.1 Å². The SMILES string of the molecule is CC(C)(C)C1CCC(C(=O)N=C=S)CC1. The van der Waals surface area contributed by atoms with Crippen molar-refractivity contribution in [2.75, 3.05) is 0 Å². The standard InChI is InChI=1S/C12H19NOS/c1-12(2,3)10-6-4-9(5-7-10)11(14)13-8-15/h9-10H,4-7H2,1-3H3. The average molecular weight is 225 g/mol. The Morgan fingerprint density at radius 2 is 1.80 bits per heavy atom. The van der Waals surface area contributed by atoms with Gasteiger partial charge in [-0.05, 0) is 49.2 Å². The third-order valence-electron chi connectivity index (χ3n) is 3.46. The van der Waals surface area contributed by atoms with Crippen molar-refractivity contribution in [2.24, 2.45) is 22.2 Å². The van der Waals surface area contributed by atoms with Gasteiger partial charge in [-0.2, -0.15) is 4.99 Å². The van der Waals surface area contributed by atoms with Gasteiger partial charge in [0, 0.05) is 5.92 Å². The van der Waals surface area contributed by atoms with E-state index in [1.807, 2.05) is 0 Å². The fourth-order valence-corrected chi connectivity index (χ4v) is 2.43. The number of carbonyl (C=O) groups is 1. The molecule has 0 N–H and O–H groups in total. The van der Waals surface area contributed by atoms with Gasteiger partial charge in [-0.3, -0.25) is 4.79 Å². The first-order valence-corrected chi connectivity index (χ1v) is 5.97. The molecule has 2 nitrogen and oxygen atoms in total. The van der Waals surface area contributed by atoms with Gasteiger partial charge in [0.25, 0.3) is 5.91 Å². The number of thiocarbonyl (C=S) groups is 1. The number of hydrogen-bond donors (Lipinski definition) is 0. The van der Waals surface area contributed by atoms with E-state index >= 15 is 0 Å². The van der Waals surface area contributed by atoms with Gasteiger partial charge >= 0.3 is 0 Å². The summed E-state index contributed by atoms with van der Waals surface area (Å²) in [6, 6.07) is 0. The lowest BCUT2D eigenvalue weighted by molar-refractivity contribution is -0.122. The minimum absolute atomic E-state index is 0.0719. The van der Waals surface area contributed by atoms with Crippen molar-refractivity contribution < 1.29 is 4.79 Å². The molecule has 0 radical (unpaired) electrons. The fourth-order valence-electron chi connectivity index (χ4n) is 2.34. The average Bonchev–Trinajstić information content (AvgIpc) is 2.17. The van der Waals surface area contributed by atoms with Crippen molar-refractivity contribution in [1.29, 1.82) is 0 Å². The molecule has 0 aromatic heterocycles. The van der Waals surface area contributed by atoms with Gasteiger partial charge in [0.15, 0.2) is 0 Å². The van der Waals surface area contributed by atoms with Crippen LogP contribution in [0.3, 0.4) is 0 Å². The van der Waals surface area contributed by atoms with Gasteiger partial charge in [-0.15, -0.1) is 0 Å². The normalized spacial score (nSPS) is 26.9. The summed E-state index contributed by atoms with van der Waals surface area (Å²) in [5.41, 5.74) is 0.363. The van der Waals surface area contributed by atoms with E-state index < -0.39 is 0 Å². The molecule has 0 bridgehead atoms. The van der Waals surface area contributed by atoms with E-state index in [9.17, 15) is 4.79 Å². The molecular formula is C12H19NOS. The minimum Gasteiger partial charge on any atom is -0.272 e. The Morgan fingerprint density at radius 3 is 2.20 bits per heavy atom. The summed E-state index contributed by atoms with van der Waals surface area (Å²) in [4.78, 5) is 15.0. The molecule has 1 fully saturated rings. The van der Waals surface area contributed by atoms with Gasteiger partial charge in [0.05, 0.1) is 5.16 Å². The number of aliphatic imine (C=N–C) groups is 1. The van der Waals surface area contributed by atoms with Crippen LogP contribution in [0.5, 0.6) is 0 Å². The van der Waals surface area contributed by atoms with Gasteiger partial charge in [-0.1, -0.05) is 20.8 Å². The fraction of sp³-hybridized carbons (Fsp3) is 0.833. The van der Waals surface area contributed by atoms with Crippen LogP contribution in [0.2, 0.25) is 0 Å². The second-order valence-corrected chi connectivity index (χ2v) is 5.64. The molecule has 3 heteroatoms. The van der Waals surface area contributed by atoms with Crippen molar-refractivity contribution >= 4 is 23.3 Å². The molecule has 0 unspecified atom stereocenters. The zero-order valence-corrected chi connectivity index (χ0v) is 10.6. The van der Waals surface area contributed by atoms with Crippen LogP contribution >= 0.6 is 12.2 Å². The van der Waals surface area contributed by atoms with Crippen molar-refractivity contribution in [2.45, 2.75) is 46.5 Å². The van der Waals surface area contributed by atoms with Gasteiger partial charge in [0.1, 0.15) is 0 Å². The Balaban J connectivity index is 2.49. The number of carbonyl (C=O) groups excluding carboxylic acids is 1. The van der Waals surface area contributed by atoms with Gasteiger partial charge in [0.2, 0.25) is 0 Å². The summed E-state index contributed by atoms with van der Waals surface area (Å²) in [7, 11) is 0. The second-order valence-electron chi connectivity index (χ2n) is 5.46. The molecule has 84 valence electrons. The maximum absolute atomic E-state index is 11.5. The van der Waals surface area contributed by atoms with Crippen LogP contribution in [0.15, 0.2) is 4.99 Å². The smallest absolute Gasteiger partial charge is 0.257 e. The summed E-state index contributed by atoms with van der Waals surface area (Å²) in [6.07, 6.45) is 4.18. The molecule has 0 aromatic carbocycles. The quantitative estimate of drug-likeness (QED) is 0.505. The molecule has 1 saturated carbocycles. The van der Waals surface area contributed by atoms with E-state index in [1.54, 1.807) is 0 Å². The van der Waals surface area contributed by atoms with E-state index in [0.29, 0.717) is 5.41 Å². The molecular weight excluding hydrogens is 206 g/mol. The predicted octanol–water partition coefficient (Wildman–Crippen LogP) is 3.47. The maximum atomic E-state index is 11.5. The molecule has 1 rings (SSSR count). The van der Waals surface area contributed by atoms with Gasteiger partial charge < -0.3 is 0 Å². The lowest BCUT2D eigenvalue weighted by Gasteiger charge is -2.35. The van der Waals surface area contributed by atoms with E-state index in [0.717, 1.165) is 31.6 Å². The molecule has 1 amide bonds. The first kappa shape index (κ1) is 12.5. The zero-order valence-electron chi connectivity index (χ0n) is 9.75. The topological polar surface area (TPSA) is 29.4 Å². The van der Waals surface area contributed by atoms with E-state index in [4.69, 9.17) is 0 Å². The van der Waals surface area contributed by atoms with Crippen LogP contribution < -0.4 is 0 Å². The largest absolute Gasteiger partial charge is 0.272 e. The molecule has 0 saturated heterocycles. The number of nitrogens with zero attached hydrogens (tertiary/aromatic N) is 1. The third kappa shape index (κ3) is 3.51. The number of hydrogen-bond acceptors (Lipinski definition) is 2. The van der Waals surface area contributed by atoms with Crippen LogP contribution in [0, 0.1) is 17.3 Å². The highest BCUT2D eigenvalue weighted by Crippen LogP contribution is 2.39. The third-order valence-corrected chi connectivity index (χ3v) is 3.55. The van der Waals surface area contributed by atoms with Crippen LogP contribution in [0.1, 0.15) is 46.5 Å². The predicted molar refractivity (Wildman–Crippen MR) is 64.9 cm³/mol. The first-order chi connectivity index (χ1) is 6.95. The van der Waals surface area contributed by atoms with E-state index in [1.165, 1.54) is 0 Å². The molecule has 1 aliphatic rings. The highest BCUT2D eigenvalue weighted by Gasteiger charge is 2.32. The molecule has 0 spiro atoms.